The second-order valence-corrected chi connectivity index (χ2v) is 14.8. The number of hydrogen-bond acceptors (Lipinski definition) is 6. The Labute approximate surface area is 303 Å². The van der Waals surface area contributed by atoms with Gasteiger partial charge < -0.3 is 15.0 Å². The van der Waals surface area contributed by atoms with E-state index in [1.54, 1.807) is 61.5 Å². The van der Waals surface area contributed by atoms with Crippen molar-refractivity contribution in [2.75, 3.05) is 30.3 Å². The van der Waals surface area contributed by atoms with Crippen LogP contribution in [0, 0.1) is 0 Å². The molecule has 4 rings (SSSR count). The van der Waals surface area contributed by atoms with Crippen molar-refractivity contribution in [1.29, 1.82) is 0 Å². The number of amides is 2. The van der Waals surface area contributed by atoms with Crippen LogP contribution < -0.4 is 14.4 Å². The Bertz CT molecular complexity index is 1810. The predicted molar refractivity (Wildman–Crippen MR) is 199 cm³/mol. The highest BCUT2D eigenvalue weighted by molar-refractivity contribution is 7.98. The van der Waals surface area contributed by atoms with Gasteiger partial charge in [0.25, 0.3) is 10.0 Å². The van der Waals surface area contributed by atoms with Crippen molar-refractivity contribution in [3.63, 3.8) is 0 Å². The fourth-order valence-electron chi connectivity index (χ4n) is 5.22. The van der Waals surface area contributed by atoms with E-state index in [1.165, 1.54) is 28.8 Å². The number of sulfonamides is 1. The highest BCUT2D eigenvalue weighted by Crippen LogP contribution is 2.34. The molecule has 0 aliphatic heterocycles. The molecule has 0 bridgehead atoms. The van der Waals surface area contributed by atoms with E-state index in [-0.39, 0.29) is 36.1 Å². The van der Waals surface area contributed by atoms with Crippen LogP contribution in [0.25, 0.3) is 0 Å². The standard InChI is InChI=1S/C37H41Cl2N3O5S2/c1-4-6-22-40-37(44)34(24-27-12-8-7-9-13-27)41(25-28-16-21-31(38)32(39)23-28)36(43)26-42(33-14-10-11-15-35(33)47-5-2)49(45,46)30-19-17-29(48-3)18-20-30/h7-21,23,34H,4-6,22,24-26H2,1-3H3,(H,40,44)/t34-/m1/s1. The summed E-state index contributed by atoms with van der Waals surface area (Å²) in [5, 5.41) is 3.63. The molecule has 4 aromatic carbocycles. The number of carbonyl (C=O) groups excluding carboxylic acids is 2. The summed E-state index contributed by atoms with van der Waals surface area (Å²) in [4.78, 5) is 31.0. The summed E-state index contributed by atoms with van der Waals surface area (Å²) in [6, 6.07) is 26.6. The first kappa shape index (κ1) is 38.1. The fourth-order valence-corrected chi connectivity index (χ4v) is 7.38. The van der Waals surface area contributed by atoms with Crippen molar-refractivity contribution in [3.8, 4) is 5.75 Å². The van der Waals surface area contributed by atoms with E-state index >= 15 is 0 Å². The lowest BCUT2D eigenvalue weighted by molar-refractivity contribution is -0.140. The van der Waals surface area contributed by atoms with Gasteiger partial charge in [0.05, 0.1) is 27.2 Å². The molecule has 12 heteroatoms. The molecule has 260 valence electrons. The lowest BCUT2D eigenvalue weighted by Crippen LogP contribution is -2.53. The van der Waals surface area contributed by atoms with Gasteiger partial charge in [-0.25, -0.2) is 8.42 Å². The van der Waals surface area contributed by atoms with E-state index < -0.39 is 28.5 Å². The second kappa shape index (κ2) is 18.3. The number of benzene rings is 4. The summed E-state index contributed by atoms with van der Waals surface area (Å²) < 4.78 is 35.8. The third kappa shape index (κ3) is 10.2. The van der Waals surface area contributed by atoms with Crippen LogP contribution >= 0.6 is 35.0 Å². The quantitative estimate of drug-likeness (QED) is 0.0875. The van der Waals surface area contributed by atoms with Crippen molar-refractivity contribution in [3.05, 3.63) is 118 Å². The van der Waals surface area contributed by atoms with Crippen molar-refractivity contribution in [1.82, 2.24) is 10.2 Å². The zero-order valence-corrected chi connectivity index (χ0v) is 30.9. The molecule has 1 N–H and O–H groups in total. The van der Waals surface area contributed by atoms with Crippen LogP contribution in [0.3, 0.4) is 0 Å². The van der Waals surface area contributed by atoms with Crippen LogP contribution in [0.2, 0.25) is 10.0 Å². The maximum Gasteiger partial charge on any atom is 0.264 e. The first-order chi connectivity index (χ1) is 23.6. The van der Waals surface area contributed by atoms with Crippen molar-refractivity contribution in [2.24, 2.45) is 0 Å². The van der Waals surface area contributed by atoms with Gasteiger partial charge in [-0.15, -0.1) is 11.8 Å². The minimum atomic E-state index is -4.30. The molecule has 0 aromatic heterocycles. The third-order valence-electron chi connectivity index (χ3n) is 7.80. The fraction of sp³-hybridized carbons (Fsp3) is 0.297. The normalized spacial score (nSPS) is 11.9. The van der Waals surface area contributed by atoms with Gasteiger partial charge >= 0.3 is 0 Å². The van der Waals surface area contributed by atoms with Gasteiger partial charge in [0.2, 0.25) is 11.8 Å². The molecule has 8 nitrogen and oxygen atoms in total. The molecular formula is C37H41Cl2N3O5S2. The number of rotatable bonds is 17. The van der Waals surface area contributed by atoms with Crippen LogP contribution in [0.5, 0.6) is 5.75 Å². The molecule has 0 spiro atoms. The molecule has 0 aliphatic rings. The van der Waals surface area contributed by atoms with E-state index in [4.69, 9.17) is 27.9 Å². The Morgan fingerprint density at radius 1 is 0.878 bits per heavy atom. The predicted octanol–water partition coefficient (Wildman–Crippen LogP) is 7.87. The summed E-state index contributed by atoms with van der Waals surface area (Å²) in [6.07, 6.45) is 3.74. The molecule has 0 heterocycles. The molecule has 49 heavy (non-hydrogen) atoms. The number of ether oxygens (including phenoxy) is 1. The number of halogens is 2. The number of para-hydroxylation sites is 2. The third-order valence-corrected chi connectivity index (χ3v) is 11.1. The summed E-state index contributed by atoms with van der Waals surface area (Å²) in [5.41, 5.74) is 1.66. The second-order valence-electron chi connectivity index (χ2n) is 11.2. The SMILES string of the molecule is CCCCNC(=O)[C@@H](Cc1ccccc1)N(Cc1ccc(Cl)c(Cl)c1)C(=O)CN(c1ccccc1OCC)S(=O)(=O)c1ccc(SC)cc1. The molecule has 2 amide bonds. The zero-order valence-electron chi connectivity index (χ0n) is 27.8. The van der Waals surface area contributed by atoms with Crippen LogP contribution in [0.4, 0.5) is 5.69 Å². The Morgan fingerprint density at radius 3 is 2.22 bits per heavy atom. The van der Waals surface area contributed by atoms with Crippen molar-refractivity contribution < 1.29 is 22.7 Å². The largest absolute Gasteiger partial charge is 0.492 e. The first-order valence-electron chi connectivity index (χ1n) is 16.0. The molecule has 0 fully saturated rings. The molecule has 0 radical (unpaired) electrons. The number of thioether (sulfide) groups is 1. The topological polar surface area (TPSA) is 96.0 Å². The minimum Gasteiger partial charge on any atom is -0.492 e. The van der Waals surface area contributed by atoms with E-state index in [2.05, 4.69) is 5.32 Å². The van der Waals surface area contributed by atoms with Gasteiger partial charge in [-0.05, 0) is 79.3 Å². The van der Waals surface area contributed by atoms with Gasteiger partial charge in [-0.1, -0.05) is 85.1 Å². The summed E-state index contributed by atoms with van der Waals surface area (Å²) in [7, 11) is -4.30. The number of nitrogens with one attached hydrogen (secondary N) is 1. The minimum absolute atomic E-state index is 0.0126. The Hall–Kier alpha value is -3.70. The summed E-state index contributed by atoms with van der Waals surface area (Å²) in [6.45, 7) is 3.90. The molecule has 0 unspecified atom stereocenters. The van der Waals surface area contributed by atoms with Gasteiger partial charge in [0.1, 0.15) is 18.3 Å². The van der Waals surface area contributed by atoms with Crippen LogP contribution in [0.15, 0.2) is 107 Å². The lowest BCUT2D eigenvalue weighted by Gasteiger charge is -2.34. The number of anilines is 1. The van der Waals surface area contributed by atoms with Gasteiger partial charge in [0, 0.05) is 24.4 Å². The van der Waals surface area contributed by atoms with E-state index in [9.17, 15) is 18.0 Å². The Morgan fingerprint density at radius 2 is 1.57 bits per heavy atom. The first-order valence-corrected chi connectivity index (χ1v) is 19.4. The van der Waals surface area contributed by atoms with Crippen LogP contribution in [-0.2, 0) is 32.6 Å². The molecule has 4 aromatic rings. The summed E-state index contributed by atoms with van der Waals surface area (Å²) >= 11 is 14.1. The van der Waals surface area contributed by atoms with Gasteiger partial charge in [-0.2, -0.15) is 0 Å². The zero-order chi connectivity index (χ0) is 35.4. The van der Waals surface area contributed by atoms with Crippen molar-refractivity contribution >= 4 is 62.5 Å². The number of hydrogen-bond donors (Lipinski definition) is 1. The highest BCUT2D eigenvalue weighted by atomic mass is 35.5. The van der Waals surface area contributed by atoms with E-state index in [0.717, 1.165) is 27.6 Å². The van der Waals surface area contributed by atoms with Crippen LogP contribution in [0.1, 0.15) is 37.8 Å². The molecule has 1 atom stereocenters. The maximum absolute atomic E-state index is 14.7. The molecule has 0 saturated carbocycles. The number of nitrogens with zero attached hydrogens (tertiary/aromatic N) is 2. The smallest absolute Gasteiger partial charge is 0.264 e. The van der Waals surface area contributed by atoms with Crippen LogP contribution in [-0.4, -0.2) is 57.1 Å². The average Bonchev–Trinajstić information content (AvgIpc) is 3.11. The maximum atomic E-state index is 14.7. The molecule has 0 saturated heterocycles. The van der Waals surface area contributed by atoms with Gasteiger partial charge in [0.15, 0.2) is 0 Å². The molecular weight excluding hydrogens is 701 g/mol. The number of carbonyl (C=O) groups is 2. The average molecular weight is 743 g/mol. The Balaban J connectivity index is 1.84. The summed E-state index contributed by atoms with van der Waals surface area (Å²) in [5.74, 6) is -0.632. The van der Waals surface area contributed by atoms with E-state index in [0.29, 0.717) is 27.9 Å². The highest BCUT2D eigenvalue weighted by Gasteiger charge is 2.35. The number of unbranched alkanes of at least 4 members (excludes halogenated alkanes) is 1. The lowest BCUT2D eigenvalue weighted by atomic mass is 10.0. The van der Waals surface area contributed by atoms with Gasteiger partial charge in [-0.3, -0.25) is 13.9 Å². The van der Waals surface area contributed by atoms with E-state index in [1.807, 2.05) is 43.5 Å². The van der Waals surface area contributed by atoms with Crippen molar-refractivity contribution in [2.45, 2.75) is 55.5 Å². The monoisotopic (exact) mass is 741 g/mol. The molecule has 0 aliphatic carbocycles. The Kier molecular flexibility index (Phi) is 14.3.